The Morgan fingerprint density at radius 1 is 0.329 bits per heavy atom. The molecule has 0 aromatic carbocycles. The maximum atomic E-state index is 13.0. The van der Waals surface area contributed by atoms with Gasteiger partial charge in [-0.15, -0.1) is 0 Å². The van der Waals surface area contributed by atoms with Crippen LogP contribution in [0.3, 0.4) is 0 Å². The molecular formula is C66H124O17P2. The number of hydrogen-bond acceptors (Lipinski definition) is 15. The summed E-state index contributed by atoms with van der Waals surface area (Å²) in [6, 6.07) is 0. The topological polar surface area (TPSA) is 237 Å². The van der Waals surface area contributed by atoms with E-state index in [0.29, 0.717) is 25.7 Å². The van der Waals surface area contributed by atoms with Crippen LogP contribution in [0.15, 0.2) is 24.3 Å². The molecular weight excluding hydrogens is 1130 g/mol. The third-order valence-electron chi connectivity index (χ3n) is 14.7. The van der Waals surface area contributed by atoms with Gasteiger partial charge in [0.1, 0.15) is 19.3 Å². The van der Waals surface area contributed by atoms with Gasteiger partial charge in [-0.1, -0.05) is 264 Å². The molecule has 19 heteroatoms. The summed E-state index contributed by atoms with van der Waals surface area (Å²) in [6.45, 7) is 4.81. The van der Waals surface area contributed by atoms with E-state index >= 15 is 0 Å². The zero-order valence-electron chi connectivity index (χ0n) is 54.1. The molecule has 500 valence electrons. The van der Waals surface area contributed by atoms with E-state index in [1.165, 1.54) is 135 Å². The van der Waals surface area contributed by atoms with E-state index in [1.807, 2.05) is 0 Å². The van der Waals surface area contributed by atoms with Crippen molar-refractivity contribution in [2.24, 2.45) is 0 Å². The molecule has 0 aliphatic rings. The van der Waals surface area contributed by atoms with Gasteiger partial charge in [0.15, 0.2) is 12.2 Å². The smallest absolute Gasteiger partial charge is 0.462 e. The highest BCUT2D eigenvalue weighted by Crippen LogP contribution is 2.45. The lowest BCUT2D eigenvalue weighted by atomic mass is 10.0. The van der Waals surface area contributed by atoms with Crippen molar-refractivity contribution in [2.45, 2.75) is 335 Å². The molecule has 5 atom stereocenters. The molecule has 0 aliphatic carbocycles. The van der Waals surface area contributed by atoms with Gasteiger partial charge >= 0.3 is 39.5 Å². The number of aliphatic hydroxyl groups is 1. The summed E-state index contributed by atoms with van der Waals surface area (Å²) in [4.78, 5) is 72.2. The first kappa shape index (κ1) is 82.5. The maximum absolute atomic E-state index is 13.0. The molecule has 0 amide bonds. The van der Waals surface area contributed by atoms with Gasteiger partial charge in [-0.3, -0.25) is 37.3 Å². The van der Waals surface area contributed by atoms with E-state index in [4.69, 9.17) is 37.0 Å². The number of ether oxygens (including phenoxy) is 4. The number of allylic oxidation sites excluding steroid dienone is 4. The largest absolute Gasteiger partial charge is 0.472 e. The molecule has 0 radical (unpaired) electrons. The Kier molecular flexibility index (Phi) is 58.7. The van der Waals surface area contributed by atoms with E-state index in [1.54, 1.807) is 0 Å². The van der Waals surface area contributed by atoms with Crippen LogP contribution in [-0.4, -0.2) is 96.7 Å². The van der Waals surface area contributed by atoms with Crippen molar-refractivity contribution in [1.29, 1.82) is 0 Å². The third kappa shape index (κ3) is 60.2. The molecule has 0 bridgehead atoms. The second-order valence-electron chi connectivity index (χ2n) is 23.2. The number of aliphatic hydroxyl groups excluding tert-OH is 1. The van der Waals surface area contributed by atoms with E-state index in [0.717, 1.165) is 103 Å². The highest BCUT2D eigenvalue weighted by molar-refractivity contribution is 7.47. The summed E-state index contributed by atoms with van der Waals surface area (Å²) in [7, 11) is -9.90. The first-order valence-electron chi connectivity index (χ1n) is 34.1. The van der Waals surface area contributed by atoms with Crippen LogP contribution in [-0.2, 0) is 65.4 Å². The zero-order chi connectivity index (χ0) is 62.6. The predicted octanol–water partition coefficient (Wildman–Crippen LogP) is 18.3. The Morgan fingerprint density at radius 3 is 0.859 bits per heavy atom. The van der Waals surface area contributed by atoms with Crippen molar-refractivity contribution in [2.75, 3.05) is 39.6 Å². The highest BCUT2D eigenvalue weighted by Gasteiger charge is 2.30. The number of phosphoric ester groups is 2. The van der Waals surface area contributed by atoms with Gasteiger partial charge in [-0.25, -0.2) is 9.13 Å². The minimum atomic E-state index is -4.95. The number of unbranched alkanes of at least 4 members (excludes halogenated alkanes) is 36. The molecule has 17 nitrogen and oxygen atoms in total. The van der Waals surface area contributed by atoms with Crippen molar-refractivity contribution in [3.05, 3.63) is 24.3 Å². The molecule has 0 saturated heterocycles. The second kappa shape index (κ2) is 60.5. The van der Waals surface area contributed by atoms with Crippen molar-refractivity contribution in [3.63, 3.8) is 0 Å². The molecule has 85 heavy (non-hydrogen) atoms. The standard InChI is InChI=1S/C66H124O17P2/c1-5-9-13-17-21-25-27-29-30-31-33-37-41-45-49-53-66(71)83-62(57-77-64(69)51-47-43-39-36-32-28-26-22-18-14-10-6-2)59-81-85(74,75)79-55-60(67)54-78-84(72,73)80-58-61(82-65(70)52-48-44-40-35-24-20-16-12-8-4)56-76-63(68)50-46-42-38-34-23-19-15-11-7-3/h25,27,29-30,60-62,67H,5-24,26,28,31-59H2,1-4H3,(H,72,73)(H,74,75)/b27-25-,30-29-/t60-,61+,62+/m0/s1. The fraction of sp³-hybridized carbons (Fsp3) is 0.879. The van der Waals surface area contributed by atoms with Crippen LogP contribution in [0.2, 0.25) is 0 Å². The lowest BCUT2D eigenvalue weighted by molar-refractivity contribution is -0.161. The molecule has 0 rings (SSSR count). The number of carbonyl (C=O) groups is 4. The van der Waals surface area contributed by atoms with Crippen LogP contribution >= 0.6 is 15.6 Å². The van der Waals surface area contributed by atoms with Gasteiger partial charge in [0, 0.05) is 25.7 Å². The van der Waals surface area contributed by atoms with Gasteiger partial charge in [-0.2, -0.15) is 0 Å². The minimum absolute atomic E-state index is 0.0856. The van der Waals surface area contributed by atoms with Crippen molar-refractivity contribution < 1.29 is 80.2 Å². The van der Waals surface area contributed by atoms with Crippen molar-refractivity contribution in [1.82, 2.24) is 0 Å². The van der Waals surface area contributed by atoms with Crippen LogP contribution in [0.4, 0.5) is 0 Å². The van der Waals surface area contributed by atoms with Gasteiger partial charge in [0.2, 0.25) is 0 Å². The van der Waals surface area contributed by atoms with Gasteiger partial charge in [-0.05, 0) is 51.4 Å². The van der Waals surface area contributed by atoms with Gasteiger partial charge in [0.05, 0.1) is 26.4 Å². The first-order valence-corrected chi connectivity index (χ1v) is 37.1. The fourth-order valence-corrected chi connectivity index (χ4v) is 11.0. The van der Waals surface area contributed by atoms with Crippen LogP contribution in [0.5, 0.6) is 0 Å². The number of esters is 4. The second-order valence-corrected chi connectivity index (χ2v) is 26.1. The highest BCUT2D eigenvalue weighted by atomic mass is 31.2. The van der Waals surface area contributed by atoms with Crippen LogP contribution in [0.25, 0.3) is 0 Å². The predicted molar refractivity (Wildman–Crippen MR) is 340 cm³/mol. The zero-order valence-corrected chi connectivity index (χ0v) is 55.8. The molecule has 0 aliphatic heterocycles. The summed E-state index contributed by atoms with van der Waals surface area (Å²) in [5, 5.41) is 10.5. The normalized spacial score (nSPS) is 14.3. The Hall–Kier alpha value is -2.46. The van der Waals surface area contributed by atoms with E-state index < -0.39 is 97.5 Å². The number of phosphoric acid groups is 2. The maximum Gasteiger partial charge on any atom is 0.472 e. The number of hydrogen-bond donors (Lipinski definition) is 3. The Labute approximate surface area is 516 Å². The molecule has 0 aromatic heterocycles. The molecule has 0 spiro atoms. The minimum Gasteiger partial charge on any atom is -0.462 e. The molecule has 3 N–H and O–H groups in total. The molecule has 0 saturated carbocycles. The lowest BCUT2D eigenvalue weighted by Crippen LogP contribution is -2.30. The monoisotopic (exact) mass is 1250 g/mol. The van der Waals surface area contributed by atoms with E-state index in [2.05, 4.69) is 52.0 Å². The van der Waals surface area contributed by atoms with Gasteiger partial charge in [0.25, 0.3) is 0 Å². The third-order valence-corrected chi connectivity index (χ3v) is 16.6. The lowest BCUT2D eigenvalue weighted by Gasteiger charge is -2.21. The Balaban J connectivity index is 5.26. The average molecular weight is 1250 g/mol. The summed E-state index contributed by atoms with van der Waals surface area (Å²) in [5.74, 6) is -2.16. The summed E-state index contributed by atoms with van der Waals surface area (Å²) in [6.07, 6.45) is 49.3. The van der Waals surface area contributed by atoms with Gasteiger partial charge < -0.3 is 33.8 Å². The Morgan fingerprint density at radius 2 is 0.565 bits per heavy atom. The molecule has 0 heterocycles. The summed E-state index contributed by atoms with van der Waals surface area (Å²) < 4.78 is 68.0. The van der Waals surface area contributed by atoms with Crippen LogP contribution in [0.1, 0.15) is 317 Å². The first-order chi connectivity index (χ1) is 41.2. The summed E-state index contributed by atoms with van der Waals surface area (Å²) in [5.41, 5.74) is 0. The number of rotatable bonds is 65. The van der Waals surface area contributed by atoms with E-state index in [9.17, 15) is 43.2 Å². The fourth-order valence-electron chi connectivity index (χ4n) is 9.45. The van der Waals surface area contributed by atoms with E-state index in [-0.39, 0.29) is 25.7 Å². The quantitative estimate of drug-likeness (QED) is 0.0169. The average Bonchev–Trinajstić information content (AvgIpc) is 3.58. The number of carbonyl (C=O) groups excluding carboxylic acids is 4. The summed E-state index contributed by atoms with van der Waals surface area (Å²) >= 11 is 0. The molecule has 0 fully saturated rings. The van der Waals surface area contributed by atoms with Crippen LogP contribution < -0.4 is 0 Å². The van der Waals surface area contributed by atoms with Crippen molar-refractivity contribution >= 4 is 39.5 Å². The SMILES string of the molecule is CCCCCC/C=C\C=C/CCCCCCCC(=O)O[C@H](COC(=O)CCCCCCCCCCCCCC)COP(=O)(O)OC[C@@H](O)COP(=O)(O)OC[C@@H](COC(=O)CCCCCCCCCCC)OC(=O)CCCCCCCCCCC. The van der Waals surface area contributed by atoms with Crippen LogP contribution in [0, 0.1) is 0 Å². The molecule has 2 unspecified atom stereocenters. The molecule has 0 aromatic rings. The Bertz CT molecular complexity index is 1730. The van der Waals surface area contributed by atoms with Crippen molar-refractivity contribution in [3.8, 4) is 0 Å².